The molecule has 1 aromatic carbocycles. The molecule has 0 bridgehead atoms. The van der Waals surface area contributed by atoms with Crippen LogP contribution < -0.4 is 4.74 Å². The van der Waals surface area contributed by atoms with Crippen molar-refractivity contribution in [3.05, 3.63) is 47.4 Å². The maximum Gasteiger partial charge on any atom is 0.251 e. The fourth-order valence-corrected chi connectivity index (χ4v) is 4.81. The van der Waals surface area contributed by atoms with Gasteiger partial charge in [0.2, 0.25) is 15.7 Å². The second-order valence-electron chi connectivity index (χ2n) is 6.34. The highest BCUT2D eigenvalue weighted by Gasteiger charge is 2.32. The van der Waals surface area contributed by atoms with Crippen LogP contribution >= 0.6 is 0 Å². The molecule has 8 heteroatoms. The first kappa shape index (κ1) is 18.3. The molecular weight excluding hydrogens is 352 g/mol. The highest BCUT2D eigenvalue weighted by molar-refractivity contribution is 7.89. The van der Waals surface area contributed by atoms with Crippen molar-refractivity contribution in [2.45, 2.75) is 37.7 Å². The molecule has 1 unspecified atom stereocenters. The maximum absolute atomic E-state index is 13.0. The fraction of sp³-hybridized carbons (Fsp3) is 0.389. The Morgan fingerprint density at radius 1 is 1.27 bits per heavy atom. The van der Waals surface area contributed by atoms with Crippen LogP contribution in [0.1, 0.15) is 29.7 Å². The third-order valence-electron chi connectivity index (χ3n) is 4.34. The van der Waals surface area contributed by atoms with E-state index >= 15 is 0 Å². The molecule has 0 spiro atoms. The van der Waals surface area contributed by atoms with E-state index < -0.39 is 10.0 Å². The van der Waals surface area contributed by atoms with E-state index in [1.807, 2.05) is 19.1 Å². The van der Waals surface area contributed by atoms with E-state index in [-0.39, 0.29) is 24.2 Å². The normalized spacial score (nSPS) is 18.3. The van der Waals surface area contributed by atoms with Gasteiger partial charge in [-0.05, 0) is 38.3 Å². The summed E-state index contributed by atoms with van der Waals surface area (Å²) in [4.78, 5) is 8.28. The molecule has 7 nitrogen and oxygen atoms in total. The van der Waals surface area contributed by atoms with E-state index in [2.05, 4.69) is 9.97 Å². The molecule has 1 fully saturated rings. The number of piperidine rings is 1. The van der Waals surface area contributed by atoms with Gasteiger partial charge in [-0.1, -0.05) is 17.7 Å². The predicted octanol–water partition coefficient (Wildman–Crippen LogP) is 2.20. The minimum Gasteiger partial charge on any atom is -0.471 e. The molecule has 3 rings (SSSR count). The molecule has 0 saturated carbocycles. The van der Waals surface area contributed by atoms with E-state index in [9.17, 15) is 8.42 Å². The lowest BCUT2D eigenvalue weighted by Gasteiger charge is -2.32. The van der Waals surface area contributed by atoms with E-state index in [0.29, 0.717) is 24.3 Å². The molecule has 0 N–H and O–H groups in total. The fourth-order valence-electron chi connectivity index (χ4n) is 3.09. The number of hydrogen-bond acceptors (Lipinski definition) is 6. The van der Waals surface area contributed by atoms with Crippen LogP contribution in [0.5, 0.6) is 5.88 Å². The van der Waals surface area contributed by atoms with Gasteiger partial charge < -0.3 is 4.74 Å². The summed E-state index contributed by atoms with van der Waals surface area (Å²) in [5.41, 5.74) is 1.85. The van der Waals surface area contributed by atoms with Gasteiger partial charge in [-0.25, -0.2) is 18.4 Å². The van der Waals surface area contributed by atoms with Gasteiger partial charge in [0.15, 0.2) is 0 Å². The second-order valence-corrected chi connectivity index (χ2v) is 8.24. The predicted molar refractivity (Wildman–Crippen MR) is 95.1 cm³/mol. The topological polar surface area (TPSA) is 96.2 Å². The first-order valence-corrected chi connectivity index (χ1v) is 9.81. The third-order valence-corrected chi connectivity index (χ3v) is 6.36. The van der Waals surface area contributed by atoms with Gasteiger partial charge in [-0.3, -0.25) is 0 Å². The van der Waals surface area contributed by atoms with Crippen LogP contribution in [-0.4, -0.2) is 41.9 Å². The molecular formula is C18H20N4O3S. The van der Waals surface area contributed by atoms with Crippen molar-refractivity contribution in [1.29, 1.82) is 5.26 Å². The maximum atomic E-state index is 13.0. The van der Waals surface area contributed by atoms with Gasteiger partial charge in [-0.15, -0.1) is 0 Å². The van der Waals surface area contributed by atoms with Crippen LogP contribution in [0.25, 0.3) is 0 Å². The third kappa shape index (κ3) is 3.69. The molecule has 2 aromatic rings. The van der Waals surface area contributed by atoms with Crippen molar-refractivity contribution in [2.75, 3.05) is 13.1 Å². The Hall–Kier alpha value is -2.50. The number of benzene rings is 1. The first-order valence-electron chi connectivity index (χ1n) is 8.37. The Labute approximate surface area is 153 Å². The minimum absolute atomic E-state index is 0.0989. The summed E-state index contributed by atoms with van der Waals surface area (Å²) in [5, 5.41) is 9.09. The Bertz CT molecular complexity index is 953. The molecule has 136 valence electrons. The Morgan fingerprint density at radius 2 is 2.04 bits per heavy atom. The number of aromatic nitrogens is 2. The van der Waals surface area contributed by atoms with Crippen LogP contribution in [-0.2, 0) is 10.0 Å². The van der Waals surface area contributed by atoms with Crippen molar-refractivity contribution >= 4 is 10.0 Å². The summed E-state index contributed by atoms with van der Waals surface area (Å²) in [6.45, 7) is 4.40. The van der Waals surface area contributed by atoms with Gasteiger partial charge in [-0.2, -0.15) is 9.57 Å². The Kier molecular flexibility index (Phi) is 5.20. The van der Waals surface area contributed by atoms with Crippen LogP contribution in [0.2, 0.25) is 0 Å². The molecule has 0 aliphatic carbocycles. The van der Waals surface area contributed by atoms with E-state index in [0.717, 1.165) is 11.1 Å². The summed E-state index contributed by atoms with van der Waals surface area (Å²) >= 11 is 0. The number of sulfonamides is 1. The molecule has 2 heterocycles. The number of aryl methyl sites for hydroxylation is 2. The SMILES string of the molecule is Cc1ccc(S(=O)(=O)N2CCCC(Oc3nccnc3C#N)C2)c(C)c1. The lowest BCUT2D eigenvalue weighted by atomic mass is 10.1. The molecule has 1 aliphatic rings. The first-order chi connectivity index (χ1) is 12.4. The quantitative estimate of drug-likeness (QED) is 0.816. The van der Waals surface area contributed by atoms with Crippen molar-refractivity contribution in [1.82, 2.24) is 14.3 Å². The zero-order valence-corrected chi connectivity index (χ0v) is 15.5. The number of nitriles is 1. The van der Waals surface area contributed by atoms with Crippen LogP contribution in [0.15, 0.2) is 35.5 Å². The molecule has 1 atom stereocenters. The molecule has 0 amide bonds. The zero-order chi connectivity index (χ0) is 18.7. The molecule has 1 aromatic heterocycles. The zero-order valence-electron chi connectivity index (χ0n) is 14.7. The number of rotatable bonds is 4. The summed E-state index contributed by atoms with van der Waals surface area (Å²) in [6.07, 6.45) is 3.87. The molecule has 1 saturated heterocycles. The van der Waals surface area contributed by atoms with E-state index in [1.165, 1.54) is 16.7 Å². The van der Waals surface area contributed by atoms with Gasteiger partial charge >= 0.3 is 0 Å². The summed E-state index contributed by atoms with van der Waals surface area (Å²) in [7, 11) is -3.60. The van der Waals surface area contributed by atoms with Gasteiger partial charge in [0.25, 0.3) is 5.88 Å². The summed E-state index contributed by atoms with van der Waals surface area (Å²) in [5.74, 6) is 0.144. The standard InChI is InChI=1S/C18H20N4O3S/c1-13-5-6-17(14(2)10-13)26(23,24)22-9-3-4-15(12-22)25-18-16(11-19)20-7-8-21-18/h5-8,10,15H,3-4,9,12H2,1-2H3. The summed E-state index contributed by atoms with van der Waals surface area (Å²) in [6, 6.07) is 7.26. The van der Waals surface area contributed by atoms with E-state index in [4.69, 9.17) is 10.00 Å². The average Bonchev–Trinajstić information content (AvgIpc) is 2.62. The highest BCUT2D eigenvalue weighted by atomic mass is 32.2. The van der Waals surface area contributed by atoms with Crippen molar-refractivity contribution in [2.24, 2.45) is 0 Å². The second kappa shape index (κ2) is 7.40. The lowest BCUT2D eigenvalue weighted by Crippen LogP contribution is -2.44. The van der Waals surface area contributed by atoms with E-state index in [1.54, 1.807) is 19.1 Å². The van der Waals surface area contributed by atoms with Crippen molar-refractivity contribution in [3.63, 3.8) is 0 Å². The van der Waals surface area contributed by atoms with Gasteiger partial charge in [0.05, 0.1) is 11.4 Å². The summed E-state index contributed by atoms with van der Waals surface area (Å²) < 4.78 is 33.3. The van der Waals surface area contributed by atoms with Crippen molar-refractivity contribution in [3.8, 4) is 11.9 Å². The largest absolute Gasteiger partial charge is 0.471 e. The highest BCUT2D eigenvalue weighted by Crippen LogP contribution is 2.26. The minimum atomic E-state index is -3.60. The Balaban J connectivity index is 1.81. The molecule has 1 aliphatic heterocycles. The number of hydrogen-bond donors (Lipinski definition) is 0. The monoisotopic (exact) mass is 372 g/mol. The molecule has 26 heavy (non-hydrogen) atoms. The smallest absolute Gasteiger partial charge is 0.251 e. The van der Waals surface area contributed by atoms with Gasteiger partial charge in [0, 0.05) is 18.9 Å². The van der Waals surface area contributed by atoms with Crippen LogP contribution in [0, 0.1) is 25.2 Å². The van der Waals surface area contributed by atoms with Crippen molar-refractivity contribution < 1.29 is 13.2 Å². The lowest BCUT2D eigenvalue weighted by molar-refractivity contribution is 0.124. The average molecular weight is 372 g/mol. The Morgan fingerprint density at radius 3 is 2.77 bits per heavy atom. The number of nitrogens with zero attached hydrogens (tertiary/aromatic N) is 4. The van der Waals surface area contributed by atoms with Gasteiger partial charge in [0.1, 0.15) is 12.2 Å². The van der Waals surface area contributed by atoms with Crippen LogP contribution in [0.3, 0.4) is 0 Å². The van der Waals surface area contributed by atoms with Crippen LogP contribution in [0.4, 0.5) is 0 Å². The molecule has 0 radical (unpaired) electrons. The number of ether oxygens (including phenoxy) is 1.